The minimum atomic E-state index is -0.923. The first-order valence-electron chi connectivity index (χ1n) is 8.72. The number of aliphatic carboxylic acids is 1. The number of hydrogen-bond acceptors (Lipinski definition) is 5. The number of methoxy groups -OCH3 is 1. The van der Waals surface area contributed by atoms with Gasteiger partial charge in [0, 0.05) is 31.1 Å². The Morgan fingerprint density at radius 2 is 2.15 bits per heavy atom. The Hall–Kier alpha value is -2.48. The summed E-state index contributed by atoms with van der Waals surface area (Å²) >= 11 is 0. The highest BCUT2D eigenvalue weighted by molar-refractivity contribution is 5.98. The molecule has 8 heteroatoms. The first-order chi connectivity index (χ1) is 12.3. The summed E-state index contributed by atoms with van der Waals surface area (Å²) in [6.45, 7) is 6.22. The van der Waals surface area contributed by atoms with E-state index in [1.807, 2.05) is 18.5 Å². The van der Waals surface area contributed by atoms with Gasteiger partial charge in [0.1, 0.15) is 0 Å². The van der Waals surface area contributed by atoms with Gasteiger partial charge in [0.05, 0.1) is 30.0 Å². The fourth-order valence-corrected chi connectivity index (χ4v) is 3.50. The Kier molecular flexibility index (Phi) is 4.95. The molecule has 3 rings (SSSR count). The van der Waals surface area contributed by atoms with Gasteiger partial charge in [-0.15, -0.1) is 0 Å². The number of pyridine rings is 1. The molecule has 1 saturated heterocycles. The maximum absolute atomic E-state index is 13.1. The maximum atomic E-state index is 13.1. The van der Waals surface area contributed by atoms with Crippen LogP contribution in [0.25, 0.3) is 11.0 Å². The lowest BCUT2D eigenvalue weighted by Crippen LogP contribution is -2.37. The average molecular weight is 360 g/mol. The molecule has 0 aliphatic carbocycles. The molecule has 1 aliphatic rings. The number of carboxylic acid groups (broad SMARTS) is 1. The van der Waals surface area contributed by atoms with Crippen LogP contribution in [0.15, 0.2) is 12.3 Å². The molecule has 2 atom stereocenters. The number of carbonyl (C=O) groups excluding carboxylic acids is 1. The summed E-state index contributed by atoms with van der Waals surface area (Å²) in [4.78, 5) is 30.5. The molecule has 0 spiro atoms. The Morgan fingerprint density at radius 1 is 1.42 bits per heavy atom. The van der Waals surface area contributed by atoms with E-state index in [4.69, 9.17) is 9.84 Å². The van der Waals surface area contributed by atoms with Crippen LogP contribution in [0.4, 0.5) is 0 Å². The van der Waals surface area contributed by atoms with Crippen LogP contribution in [0, 0.1) is 6.92 Å². The molecule has 1 N–H and O–H groups in total. The van der Waals surface area contributed by atoms with Crippen LogP contribution in [0.1, 0.15) is 48.8 Å². The van der Waals surface area contributed by atoms with Gasteiger partial charge in [-0.3, -0.25) is 9.59 Å². The second-order valence-corrected chi connectivity index (χ2v) is 7.02. The monoisotopic (exact) mass is 360 g/mol. The number of fused-ring (bicyclic) bond motifs is 1. The SMILES string of the molecule is COC1CC(CC(=O)O)N(C(=O)c2cc3cnn(C(C)C)c3nc2C)C1. The van der Waals surface area contributed by atoms with E-state index < -0.39 is 5.97 Å². The summed E-state index contributed by atoms with van der Waals surface area (Å²) in [5, 5.41) is 14.3. The number of nitrogens with zero attached hydrogens (tertiary/aromatic N) is 4. The predicted octanol–water partition coefficient (Wildman–Crippen LogP) is 2.02. The maximum Gasteiger partial charge on any atom is 0.305 e. The van der Waals surface area contributed by atoms with Crippen molar-refractivity contribution in [3.05, 3.63) is 23.5 Å². The third-order valence-corrected chi connectivity index (χ3v) is 4.86. The highest BCUT2D eigenvalue weighted by Gasteiger charge is 2.37. The number of aromatic nitrogens is 3. The molecule has 2 aromatic rings. The molecule has 8 nitrogen and oxygen atoms in total. The lowest BCUT2D eigenvalue weighted by atomic mass is 10.1. The number of likely N-dealkylation sites (tertiary alicyclic amines) is 1. The van der Waals surface area contributed by atoms with E-state index in [0.717, 1.165) is 11.0 Å². The van der Waals surface area contributed by atoms with E-state index in [1.165, 1.54) is 0 Å². The molecular formula is C18H24N4O4. The van der Waals surface area contributed by atoms with E-state index >= 15 is 0 Å². The van der Waals surface area contributed by atoms with Crippen molar-refractivity contribution in [2.45, 2.75) is 51.8 Å². The topological polar surface area (TPSA) is 97.5 Å². The summed E-state index contributed by atoms with van der Waals surface area (Å²) in [7, 11) is 1.58. The zero-order valence-corrected chi connectivity index (χ0v) is 15.5. The Balaban J connectivity index is 1.95. The van der Waals surface area contributed by atoms with Gasteiger partial charge >= 0.3 is 5.97 Å². The number of ether oxygens (including phenoxy) is 1. The van der Waals surface area contributed by atoms with Crippen LogP contribution in [0.2, 0.25) is 0 Å². The van der Waals surface area contributed by atoms with E-state index in [2.05, 4.69) is 10.1 Å². The molecule has 3 heterocycles. The zero-order valence-electron chi connectivity index (χ0n) is 15.5. The van der Waals surface area contributed by atoms with Gasteiger partial charge in [0.2, 0.25) is 0 Å². The van der Waals surface area contributed by atoms with Crippen molar-refractivity contribution in [3.8, 4) is 0 Å². The quantitative estimate of drug-likeness (QED) is 0.876. The van der Waals surface area contributed by atoms with Crippen molar-refractivity contribution in [1.29, 1.82) is 0 Å². The molecule has 2 unspecified atom stereocenters. The molecule has 0 saturated carbocycles. The second kappa shape index (κ2) is 7.03. The normalized spacial score (nSPS) is 20.3. The number of carbonyl (C=O) groups is 2. The minimum absolute atomic E-state index is 0.0917. The van der Waals surface area contributed by atoms with Gasteiger partial charge in [-0.05, 0) is 33.3 Å². The molecule has 0 radical (unpaired) electrons. The van der Waals surface area contributed by atoms with Crippen molar-refractivity contribution >= 4 is 22.9 Å². The summed E-state index contributed by atoms with van der Waals surface area (Å²) in [5.74, 6) is -1.13. The van der Waals surface area contributed by atoms with E-state index in [1.54, 1.807) is 31.2 Å². The number of hydrogen-bond donors (Lipinski definition) is 1. The highest BCUT2D eigenvalue weighted by atomic mass is 16.5. The summed E-state index contributed by atoms with van der Waals surface area (Å²) in [6.07, 6.45) is 1.99. The van der Waals surface area contributed by atoms with Crippen LogP contribution in [0.5, 0.6) is 0 Å². The molecule has 140 valence electrons. The molecule has 0 bridgehead atoms. The van der Waals surface area contributed by atoms with E-state index in [0.29, 0.717) is 24.2 Å². The molecule has 2 aromatic heterocycles. The predicted molar refractivity (Wildman–Crippen MR) is 95.1 cm³/mol. The van der Waals surface area contributed by atoms with Gasteiger partial charge in [0.25, 0.3) is 5.91 Å². The number of rotatable bonds is 5. The Labute approximate surface area is 151 Å². The molecular weight excluding hydrogens is 336 g/mol. The van der Waals surface area contributed by atoms with Crippen molar-refractivity contribution in [1.82, 2.24) is 19.7 Å². The Morgan fingerprint density at radius 3 is 2.77 bits per heavy atom. The van der Waals surface area contributed by atoms with Gasteiger partial charge in [0.15, 0.2) is 5.65 Å². The third kappa shape index (κ3) is 3.29. The summed E-state index contributed by atoms with van der Waals surface area (Å²) in [6, 6.07) is 1.59. The van der Waals surface area contributed by atoms with Crippen LogP contribution >= 0.6 is 0 Å². The van der Waals surface area contributed by atoms with Crippen LogP contribution in [-0.4, -0.2) is 62.4 Å². The lowest BCUT2D eigenvalue weighted by molar-refractivity contribution is -0.137. The van der Waals surface area contributed by atoms with Crippen molar-refractivity contribution in [2.24, 2.45) is 0 Å². The minimum Gasteiger partial charge on any atom is -0.481 e. The Bertz CT molecular complexity index is 845. The first kappa shape index (κ1) is 18.3. The second-order valence-electron chi connectivity index (χ2n) is 7.02. The molecule has 1 amide bonds. The standard InChI is InChI=1S/C18H24N4O4/c1-10(2)22-17-12(8-19-22)5-15(11(3)20-17)18(25)21-9-14(26-4)6-13(21)7-16(23)24/h5,8,10,13-14H,6-7,9H2,1-4H3,(H,23,24). The molecule has 0 aromatic carbocycles. The van der Waals surface area contributed by atoms with Gasteiger partial charge in [-0.1, -0.05) is 0 Å². The molecule has 1 aliphatic heterocycles. The number of carboxylic acids is 1. The van der Waals surface area contributed by atoms with Crippen molar-refractivity contribution in [3.63, 3.8) is 0 Å². The first-order valence-corrected chi connectivity index (χ1v) is 8.72. The number of aryl methyl sites for hydroxylation is 1. The lowest BCUT2D eigenvalue weighted by Gasteiger charge is -2.24. The average Bonchev–Trinajstić information content (AvgIpc) is 3.16. The van der Waals surface area contributed by atoms with Crippen LogP contribution < -0.4 is 0 Å². The highest BCUT2D eigenvalue weighted by Crippen LogP contribution is 2.27. The van der Waals surface area contributed by atoms with Crippen LogP contribution in [-0.2, 0) is 9.53 Å². The number of amides is 1. The largest absolute Gasteiger partial charge is 0.481 e. The van der Waals surface area contributed by atoms with Gasteiger partial charge < -0.3 is 14.7 Å². The van der Waals surface area contributed by atoms with Crippen LogP contribution in [0.3, 0.4) is 0 Å². The van der Waals surface area contributed by atoms with Crippen molar-refractivity contribution < 1.29 is 19.4 Å². The smallest absolute Gasteiger partial charge is 0.305 e. The molecule has 1 fully saturated rings. The third-order valence-electron chi connectivity index (χ3n) is 4.86. The fourth-order valence-electron chi connectivity index (χ4n) is 3.50. The molecule has 26 heavy (non-hydrogen) atoms. The van der Waals surface area contributed by atoms with Gasteiger partial charge in [-0.2, -0.15) is 5.10 Å². The summed E-state index contributed by atoms with van der Waals surface area (Å²) in [5.41, 5.74) is 1.83. The van der Waals surface area contributed by atoms with E-state index in [9.17, 15) is 9.59 Å². The van der Waals surface area contributed by atoms with E-state index in [-0.39, 0.29) is 30.5 Å². The fraction of sp³-hybridized carbons (Fsp3) is 0.556. The van der Waals surface area contributed by atoms with Gasteiger partial charge in [-0.25, -0.2) is 9.67 Å². The zero-order chi connectivity index (χ0) is 19.0. The summed E-state index contributed by atoms with van der Waals surface area (Å²) < 4.78 is 7.17. The van der Waals surface area contributed by atoms with Crippen molar-refractivity contribution in [2.75, 3.05) is 13.7 Å².